The lowest BCUT2D eigenvalue weighted by molar-refractivity contribution is 0.218. The lowest BCUT2D eigenvalue weighted by atomic mass is 10.3. The Morgan fingerprint density at radius 3 is 2.81 bits per heavy atom. The van der Waals surface area contributed by atoms with Gasteiger partial charge in [-0.05, 0) is 26.8 Å². The summed E-state index contributed by atoms with van der Waals surface area (Å²) in [5.74, 6) is 0.995. The zero-order chi connectivity index (χ0) is 12.0. The summed E-state index contributed by atoms with van der Waals surface area (Å²) in [6.07, 6.45) is 2.42. The molecule has 0 radical (unpaired) electrons. The molecule has 0 fully saturated rings. The molecule has 1 aromatic rings. The van der Waals surface area contributed by atoms with E-state index >= 15 is 0 Å². The van der Waals surface area contributed by atoms with Crippen molar-refractivity contribution < 1.29 is 5.11 Å². The molecule has 0 bridgehead atoms. The molecule has 0 saturated carbocycles. The first-order chi connectivity index (χ1) is 7.69. The van der Waals surface area contributed by atoms with Crippen molar-refractivity contribution in [1.82, 2.24) is 19.7 Å². The van der Waals surface area contributed by atoms with Gasteiger partial charge in [0.05, 0.1) is 6.54 Å². The van der Waals surface area contributed by atoms with Crippen molar-refractivity contribution in [1.29, 1.82) is 0 Å². The van der Waals surface area contributed by atoms with Crippen LogP contribution >= 0.6 is 0 Å². The Hall–Kier alpha value is -0.940. The summed E-state index contributed by atoms with van der Waals surface area (Å²) in [5.41, 5.74) is 0. The Labute approximate surface area is 97.1 Å². The fraction of sp³-hybridized carbons (Fsp3) is 0.818. The van der Waals surface area contributed by atoms with E-state index in [1.54, 1.807) is 6.33 Å². The first-order valence-electron chi connectivity index (χ1n) is 5.90. The summed E-state index contributed by atoms with van der Waals surface area (Å²) in [7, 11) is 0. The standard InChI is InChI=1S/C11H22N4O/c1-4-14(6-5-7-16)8-11-12-9-13-15(11)10(2)3/h9-10,16H,4-8H2,1-3H3. The third-order valence-electron chi connectivity index (χ3n) is 2.58. The highest BCUT2D eigenvalue weighted by Gasteiger charge is 2.11. The molecule has 0 unspecified atom stereocenters. The van der Waals surface area contributed by atoms with Crippen molar-refractivity contribution in [3.63, 3.8) is 0 Å². The molecular formula is C11H22N4O. The van der Waals surface area contributed by atoms with Gasteiger partial charge < -0.3 is 5.11 Å². The van der Waals surface area contributed by atoms with Gasteiger partial charge in [0.25, 0.3) is 0 Å². The van der Waals surface area contributed by atoms with E-state index in [9.17, 15) is 0 Å². The Morgan fingerprint density at radius 1 is 1.50 bits per heavy atom. The number of aromatic nitrogens is 3. The Bertz CT molecular complexity index is 298. The fourth-order valence-electron chi connectivity index (χ4n) is 1.66. The summed E-state index contributed by atoms with van der Waals surface area (Å²) in [6.45, 7) is 9.22. The smallest absolute Gasteiger partial charge is 0.141 e. The molecule has 1 rings (SSSR count). The first-order valence-corrected chi connectivity index (χ1v) is 5.90. The molecule has 0 aliphatic carbocycles. The quantitative estimate of drug-likeness (QED) is 0.755. The van der Waals surface area contributed by atoms with Gasteiger partial charge in [-0.3, -0.25) is 4.90 Å². The van der Waals surface area contributed by atoms with E-state index in [2.05, 4.69) is 35.8 Å². The summed E-state index contributed by atoms with van der Waals surface area (Å²) >= 11 is 0. The van der Waals surface area contributed by atoms with E-state index in [-0.39, 0.29) is 6.61 Å². The zero-order valence-electron chi connectivity index (χ0n) is 10.4. The van der Waals surface area contributed by atoms with Crippen molar-refractivity contribution >= 4 is 0 Å². The van der Waals surface area contributed by atoms with Crippen molar-refractivity contribution in [2.24, 2.45) is 0 Å². The van der Waals surface area contributed by atoms with Gasteiger partial charge in [-0.25, -0.2) is 9.67 Å². The van der Waals surface area contributed by atoms with Gasteiger partial charge in [-0.1, -0.05) is 6.92 Å². The molecule has 0 aliphatic rings. The van der Waals surface area contributed by atoms with Crippen LogP contribution < -0.4 is 0 Å². The molecule has 0 atom stereocenters. The van der Waals surface area contributed by atoms with E-state index in [0.717, 1.165) is 31.9 Å². The highest BCUT2D eigenvalue weighted by Crippen LogP contribution is 2.08. The van der Waals surface area contributed by atoms with Crippen molar-refractivity contribution in [3.8, 4) is 0 Å². The third kappa shape index (κ3) is 3.57. The second kappa shape index (κ2) is 6.60. The number of hydrogen-bond acceptors (Lipinski definition) is 4. The first kappa shape index (κ1) is 13.1. The number of aliphatic hydroxyl groups excluding tert-OH is 1. The highest BCUT2D eigenvalue weighted by molar-refractivity contribution is 4.86. The van der Waals surface area contributed by atoms with Crippen molar-refractivity contribution in [2.45, 2.75) is 39.8 Å². The highest BCUT2D eigenvalue weighted by atomic mass is 16.3. The van der Waals surface area contributed by atoms with Crippen LogP contribution in [0.5, 0.6) is 0 Å². The molecule has 5 nitrogen and oxygen atoms in total. The minimum absolute atomic E-state index is 0.243. The predicted octanol–water partition coefficient (Wildman–Crippen LogP) is 1.06. The average Bonchev–Trinajstić information content (AvgIpc) is 2.72. The van der Waals surface area contributed by atoms with Crippen molar-refractivity contribution in [3.05, 3.63) is 12.2 Å². The van der Waals surface area contributed by atoms with Crippen LogP contribution in [0.3, 0.4) is 0 Å². The molecule has 5 heteroatoms. The van der Waals surface area contributed by atoms with E-state index in [4.69, 9.17) is 5.11 Å². The van der Waals surface area contributed by atoms with Crippen LogP contribution in [-0.4, -0.2) is 44.5 Å². The Balaban J connectivity index is 2.59. The Morgan fingerprint density at radius 2 is 2.25 bits per heavy atom. The number of hydrogen-bond donors (Lipinski definition) is 1. The van der Waals surface area contributed by atoms with Crippen LogP contribution in [0.1, 0.15) is 39.1 Å². The SMILES string of the molecule is CCN(CCCO)Cc1ncnn1C(C)C. The van der Waals surface area contributed by atoms with Crippen LogP contribution in [0.15, 0.2) is 6.33 Å². The van der Waals surface area contributed by atoms with Crippen LogP contribution in [0.4, 0.5) is 0 Å². The largest absolute Gasteiger partial charge is 0.396 e. The molecular weight excluding hydrogens is 204 g/mol. The van der Waals surface area contributed by atoms with E-state index < -0.39 is 0 Å². The van der Waals surface area contributed by atoms with Crippen LogP contribution in [-0.2, 0) is 6.54 Å². The third-order valence-corrected chi connectivity index (χ3v) is 2.58. The monoisotopic (exact) mass is 226 g/mol. The van der Waals surface area contributed by atoms with Gasteiger partial charge in [0.1, 0.15) is 12.2 Å². The zero-order valence-corrected chi connectivity index (χ0v) is 10.4. The minimum Gasteiger partial charge on any atom is -0.396 e. The van der Waals surface area contributed by atoms with Gasteiger partial charge in [0.15, 0.2) is 0 Å². The lowest BCUT2D eigenvalue weighted by Gasteiger charge is -2.20. The summed E-state index contributed by atoms with van der Waals surface area (Å²) in [5, 5.41) is 13.0. The van der Waals surface area contributed by atoms with E-state index in [1.807, 2.05) is 4.68 Å². The molecule has 0 spiro atoms. The molecule has 0 amide bonds. The van der Waals surface area contributed by atoms with Gasteiger partial charge in [-0.2, -0.15) is 5.10 Å². The van der Waals surface area contributed by atoms with Crippen LogP contribution in [0.25, 0.3) is 0 Å². The number of rotatable bonds is 7. The molecule has 0 saturated heterocycles. The van der Waals surface area contributed by atoms with Gasteiger partial charge in [-0.15, -0.1) is 0 Å². The minimum atomic E-state index is 0.243. The average molecular weight is 226 g/mol. The van der Waals surface area contributed by atoms with Gasteiger partial charge in [0, 0.05) is 19.2 Å². The molecule has 16 heavy (non-hydrogen) atoms. The van der Waals surface area contributed by atoms with Crippen LogP contribution in [0.2, 0.25) is 0 Å². The van der Waals surface area contributed by atoms with Crippen LogP contribution in [0, 0.1) is 0 Å². The molecule has 92 valence electrons. The Kier molecular flexibility index (Phi) is 5.42. The topological polar surface area (TPSA) is 54.2 Å². The normalized spacial score (nSPS) is 11.6. The molecule has 0 aliphatic heterocycles. The summed E-state index contributed by atoms with van der Waals surface area (Å²) in [6, 6.07) is 0.342. The maximum atomic E-state index is 8.82. The maximum absolute atomic E-state index is 8.82. The van der Waals surface area contributed by atoms with Gasteiger partial charge >= 0.3 is 0 Å². The molecule has 1 aromatic heterocycles. The fourth-order valence-corrected chi connectivity index (χ4v) is 1.66. The number of aliphatic hydroxyl groups is 1. The molecule has 1 heterocycles. The van der Waals surface area contributed by atoms with E-state index in [1.165, 1.54) is 0 Å². The second-order valence-electron chi connectivity index (χ2n) is 4.16. The molecule has 0 aromatic carbocycles. The lowest BCUT2D eigenvalue weighted by Crippen LogP contribution is -2.27. The van der Waals surface area contributed by atoms with Gasteiger partial charge in [0.2, 0.25) is 0 Å². The second-order valence-corrected chi connectivity index (χ2v) is 4.16. The number of nitrogens with zero attached hydrogens (tertiary/aromatic N) is 4. The molecule has 1 N–H and O–H groups in total. The van der Waals surface area contributed by atoms with E-state index in [0.29, 0.717) is 6.04 Å². The van der Waals surface area contributed by atoms with Crippen molar-refractivity contribution in [2.75, 3.05) is 19.7 Å². The summed E-state index contributed by atoms with van der Waals surface area (Å²) < 4.78 is 1.95. The summed E-state index contributed by atoms with van der Waals surface area (Å²) in [4.78, 5) is 6.54. The maximum Gasteiger partial charge on any atom is 0.141 e. The predicted molar refractivity (Wildman–Crippen MR) is 63.1 cm³/mol.